The van der Waals surface area contributed by atoms with Gasteiger partial charge in [-0.05, 0) is 6.42 Å². The SMILES string of the molecule is CC(CCO)SCC(=O)NCCC#N. The number of carbonyl (C=O) groups is 1. The van der Waals surface area contributed by atoms with Crippen molar-refractivity contribution in [2.24, 2.45) is 0 Å². The van der Waals surface area contributed by atoms with E-state index >= 15 is 0 Å². The van der Waals surface area contributed by atoms with Gasteiger partial charge in [0.15, 0.2) is 0 Å². The highest BCUT2D eigenvalue weighted by atomic mass is 32.2. The normalized spacial score (nSPS) is 11.8. The molecule has 0 bridgehead atoms. The minimum absolute atomic E-state index is 0.0463. The molecule has 0 heterocycles. The van der Waals surface area contributed by atoms with Gasteiger partial charge in [-0.15, -0.1) is 11.8 Å². The van der Waals surface area contributed by atoms with Gasteiger partial charge in [-0.2, -0.15) is 5.26 Å². The average Bonchev–Trinajstić information content (AvgIpc) is 2.16. The molecule has 4 nitrogen and oxygen atoms in total. The quantitative estimate of drug-likeness (QED) is 0.608. The Morgan fingerprint density at radius 2 is 2.43 bits per heavy atom. The molecule has 0 rings (SSSR count). The van der Waals surface area contributed by atoms with Crippen LogP contribution in [0.3, 0.4) is 0 Å². The maximum Gasteiger partial charge on any atom is 0.230 e. The number of aliphatic hydroxyl groups excluding tert-OH is 1. The van der Waals surface area contributed by atoms with E-state index in [1.165, 1.54) is 11.8 Å². The van der Waals surface area contributed by atoms with E-state index < -0.39 is 0 Å². The van der Waals surface area contributed by atoms with Crippen LogP contribution < -0.4 is 5.32 Å². The van der Waals surface area contributed by atoms with Crippen LogP contribution in [0.1, 0.15) is 19.8 Å². The van der Waals surface area contributed by atoms with Crippen molar-refractivity contribution in [2.75, 3.05) is 18.9 Å². The van der Waals surface area contributed by atoms with Crippen LogP contribution in [-0.2, 0) is 4.79 Å². The van der Waals surface area contributed by atoms with Gasteiger partial charge in [-0.3, -0.25) is 4.79 Å². The number of nitrogens with zero attached hydrogens (tertiary/aromatic N) is 1. The monoisotopic (exact) mass is 216 g/mol. The summed E-state index contributed by atoms with van der Waals surface area (Å²) in [4.78, 5) is 11.1. The average molecular weight is 216 g/mol. The largest absolute Gasteiger partial charge is 0.396 e. The van der Waals surface area contributed by atoms with Crippen molar-refractivity contribution in [1.82, 2.24) is 5.32 Å². The van der Waals surface area contributed by atoms with Crippen molar-refractivity contribution in [3.8, 4) is 6.07 Å². The number of aliphatic hydroxyl groups is 1. The van der Waals surface area contributed by atoms with Gasteiger partial charge in [0, 0.05) is 18.4 Å². The van der Waals surface area contributed by atoms with Gasteiger partial charge in [0.1, 0.15) is 0 Å². The third-order valence-electron chi connectivity index (χ3n) is 1.59. The van der Waals surface area contributed by atoms with Crippen LogP contribution in [0.2, 0.25) is 0 Å². The van der Waals surface area contributed by atoms with Gasteiger partial charge in [0.2, 0.25) is 5.91 Å². The molecule has 1 unspecified atom stereocenters. The van der Waals surface area contributed by atoms with Gasteiger partial charge in [-0.25, -0.2) is 0 Å². The predicted octanol–water partition coefficient (Wildman–Crippen LogP) is 0.520. The van der Waals surface area contributed by atoms with Gasteiger partial charge in [0.05, 0.1) is 18.2 Å². The Labute approximate surface area is 88.7 Å². The fourth-order valence-corrected chi connectivity index (χ4v) is 1.60. The lowest BCUT2D eigenvalue weighted by molar-refractivity contribution is -0.118. The first kappa shape index (κ1) is 13.3. The molecule has 1 atom stereocenters. The van der Waals surface area contributed by atoms with E-state index in [2.05, 4.69) is 5.32 Å². The third-order valence-corrected chi connectivity index (χ3v) is 2.83. The molecule has 0 spiro atoms. The van der Waals surface area contributed by atoms with E-state index in [0.29, 0.717) is 30.4 Å². The number of rotatable bonds is 7. The summed E-state index contributed by atoms with van der Waals surface area (Å²) in [6, 6.07) is 1.95. The van der Waals surface area contributed by atoms with Gasteiger partial charge in [-0.1, -0.05) is 6.92 Å². The summed E-state index contributed by atoms with van der Waals surface area (Å²) in [6.45, 7) is 2.55. The lowest BCUT2D eigenvalue weighted by atomic mass is 10.3. The highest BCUT2D eigenvalue weighted by molar-refractivity contribution is 8.00. The van der Waals surface area contributed by atoms with E-state index in [-0.39, 0.29) is 12.5 Å². The fourth-order valence-electron chi connectivity index (χ4n) is 0.792. The molecule has 0 aliphatic carbocycles. The number of amides is 1. The first-order chi connectivity index (χ1) is 6.70. The molecule has 0 aromatic heterocycles. The summed E-state index contributed by atoms with van der Waals surface area (Å²) < 4.78 is 0. The molecular formula is C9H16N2O2S. The number of nitrogens with one attached hydrogen (secondary N) is 1. The second-order valence-corrected chi connectivity index (χ2v) is 4.32. The second-order valence-electron chi connectivity index (χ2n) is 2.89. The van der Waals surface area contributed by atoms with Crippen molar-refractivity contribution in [1.29, 1.82) is 5.26 Å². The molecule has 5 heteroatoms. The van der Waals surface area contributed by atoms with Crippen molar-refractivity contribution in [3.05, 3.63) is 0 Å². The Balaban J connectivity index is 3.39. The summed E-state index contributed by atoms with van der Waals surface area (Å²) in [5.74, 6) is 0.349. The molecular weight excluding hydrogens is 200 g/mol. The smallest absolute Gasteiger partial charge is 0.230 e. The van der Waals surface area contributed by atoms with E-state index in [0.717, 1.165) is 0 Å². The lowest BCUT2D eigenvalue weighted by Crippen LogP contribution is -2.26. The van der Waals surface area contributed by atoms with Crippen LogP contribution in [0, 0.1) is 11.3 Å². The Morgan fingerprint density at radius 1 is 1.71 bits per heavy atom. The number of hydrogen-bond donors (Lipinski definition) is 2. The van der Waals surface area contributed by atoms with Crippen molar-refractivity contribution in [3.63, 3.8) is 0 Å². The Kier molecular flexibility index (Phi) is 8.39. The zero-order valence-electron chi connectivity index (χ0n) is 8.32. The Morgan fingerprint density at radius 3 is 3.00 bits per heavy atom. The van der Waals surface area contributed by atoms with Gasteiger partial charge in [0.25, 0.3) is 0 Å². The maximum atomic E-state index is 11.1. The molecule has 0 saturated carbocycles. The summed E-state index contributed by atoms with van der Waals surface area (Å²) >= 11 is 1.51. The predicted molar refractivity (Wildman–Crippen MR) is 56.9 cm³/mol. The molecule has 0 aromatic carbocycles. The third kappa shape index (κ3) is 7.90. The first-order valence-corrected chi connectivity index (χ1v) is 5.61. The fraction of sp³-hybridized carbons (Fsp3) is 0.778. The summed E-state index contributed by atoms with van der Waals surface area (Å²) in [5, 5.41) is 19.8. The number of carbonyl (C=O) groups excluding carboxylic acids is 1. The van der Waals surface area contributed by atoms with Crippen LogP contribution in [-0.4, -0.2) is 35.2 Å². The highest BCUT2D eigenvalue weighted by Crippen LogP contribution is 2.12. The maximum absolute atomic E-state index is 11.1. The van der Waals surface area contributed by atoms with Crippen molar-refractivity contribution >= 4 is 17.7 Å². The zero-order valence-corrected chi connectivity index (χ0v) is 9.14. The summed E-state index contributed by atoms with van der Waals surface area (Å²) in [5.41, 5.74) is 0. The Bertz CT molecular complexity index is 203. The first-order valence-electron chi connectivity index (χ1n) is 4.56. The molecule has 80 valence electrons. The molecule has 2 N–H and O–H groups in total. The van der Waals surface area contributed by atoms with E-state index in [4.69, 9.17) is 10.4 Å². The van der Waals surface area contributed by atoms with Gasteiger partial charge >= 0.3 is 0 Å². The minimum Gasteiger partial charge on any atom is -0.396 e. The number of nitriles is 1. The molecule has 0 saturated heterocycles. The molecule has 0 aliphatic heterocycles. The van der Waals surface area contributed by atoms with Crippen LogP contribution in [0.4, 0.5) is 0 Å². The van der Waals surface area contributed by atoms with Crippen LogP contribution in [0.25, 0.3) is 0 Å². The van der Waals surface area contributed by atoms with Crippen molar-refractivity contribution < 1.29 is 9.90 Å². The van der Waals surface area contributed by atoms with Crippen LogP contribution in [0.15, 0.2) is 0 Å². The summed E-state index contributed by atoms with van der Waals surface area (Å²) in [7, 11) is 0. The molecule has 0 fully saturated rings. The highest BCUT2D eigenvalue weighted by Gasteiger charge is 2.05. The van der Waals surface area contributed by atoms with Crippen molar-refractivity contribution in [2.45, 2.75) is 25.0 Å². The topological polar surface area (TPSA) is 73.1 Å². The molecule has 0 radical (unpaired) electrons. The zero-order chi connectivity index (χ0) is 10.8. The van der Waals surface area contributed by atoms with Gasteiger partial charge < -0.3 is 10.4 Å². The minimum atomic E-state index is -0.0463. The number of hydrogen-bond acceptors (Lipinski definition) is 4. The van der Waals surface area contributed by atoms with E-state index in [1.54, 1.807) is 0 Å². The molecule has 14 heavy (non-hydrogen) atoms. The molecule has 0 aliphatic rings. The summed E-state index contributed by atoms with van der Waals surface area (Å²) in [6.07, 6.45) is 1.05. The number of thioether (sulfide) groups is 1. The molecule has 1 amide bonds. The van der Waals surface area contributed by atoms with Crippen LogP contribution >= 0.6 is 11.8 Å². The van der Waals surface area contributed by atoms with E-state index in [9.17, 15) is 4.79 Å². The van der Waals surface area contributed by atoms with Crippen LogP contribution in [0.5, 0.6) is 0 Å². The van der Waals surface area contributed by atoms with E-state index in [1.807, 2.05) is 13.0 Å². The molecule has 0 aromatic rings. The Hall–Kier alpha value is -0.730. The second kappa shape index (κ2) is 8.85. The standard InChI is InChI=1S/C9H16N2O2S/c1-8(3-6-12)14-7-9(13)11-5-2-4-10/h8,12H,2-3,5-7H2,1H3,(H,11,13). The lowest BCUT2D eigenvalue weighted by Gasteiger charge is -2.08.